The SMILES string of the molecule is CNCC1CCCCN1CC(C)C(N)=O. The zero-order valence-electron chi connectivity index (χ0n) is 9.83. The summed E-state index contributed by atoms with van der Waals surface area (Å²) in [6.07, 6.45) is 3.77. The smallest absolute Gasteiger partial charge is 0.221 e. The van der Waals surface area contributed by atoms with Gasteiger partial charge in [-0.25, -0.2) is 0 Å². The predicted octanol–water partition coefficient (Wildman–Crippen LogP) is 0.182. The van der Waals surface area contributed by atoms with Crippen molar-refractivity contribution >= 4 is 5.91 Å². The Hall–Kier alpha value is -0.610. The van der Waals surface area contributed by atoms with Crippen molar-refractivity contribution in [3.63, 3.8) is 0 Å². The van der Waals surface area contributed by atoms with E-state index in [1.165, 1.54) is 19.3 Å². The number of likely N-dealkylation sites (tertiary alicyclic amines) is 1. The Morgan fingerprint density at radius 3 is 2.93 bits per heavy atom. The monoisotopic (exact) mass is 213 g/mol. The minimum atomic E-state index is -0.191. The van der Waals surface area contributed by atoms with Gasteiger partial charge in [0.25, 0.3) is 0 Å². The van der Waals surface area contributed by atoms with Crippen LogP contribution in [0.25, 0.3) is 0 Å². The summed E-state index contributed by atoms with van der Waals surface area (Å²) in [6, 6.07) is 0.575. The zero-order valence-corrected chi connectivity index (χ0v) is 9.83. The van der Waals surface area contributed by atoms with Crippen molar-refractivity contribution in [2.24, 2.45) is 11.7 Å². The van der Waals surface area contributed by atoms with E-state index in [1.807, 2.05) is 14.0 Å². The molecule has 0 aromatic carbocycles. The van der Waals surface area contributed by atoms with Crippen molar-refractivity contribution in [3.05, 3.63) is 0 Å². The van der Waals surface area contributed by atoms with Crippen molar-refractivity contribution in [2.45, 2.75) is 32.2 Å². The maximum Gasteiger partial charge on any atom is 0.221 e. The van der Waals surface area contributed by atoms with E-state index in [0.29, 0.717) is 6.04 Å². The lowest BCUT2D eigenvalue weighted by Gasteiger charge is -2.36. The van der Waals surface area contributed by atoms with E-state index >= 15 is 0 Å². The van der Waals surface area contributed by atoms with Gasteiger partial charge < -0.3 is 11.1 Å². The van der Waals surface area contributed by atoms with Crippen LogP contribution in [0.1, 0.15) is 26.2 Å². The second-order valence-corrected chi connectivity index (χ2v) is 4.51. The quantitative estimate of drug-likeness (QED) is 0.685. The molecule has 0 bridgehead atoms. The molecule has 1 rings (SSSR count). The lowest BCUT2D eigenvalue weighted by molar-refractivity contribution is -0.122. The Kier molecular flexibility index (Phi) is 5.05. The third kappa shape index (κ3) is 3.80. The number of nitrogens with two attached hydrogens (primary N) is 1. The first-order valence-corrected chi connectivity index (χ1v) is 5.83. The topological polar surface area (TPSA) is 58.4 Å². The lowest BCUT2D eigenvalue weighted by atomic mass is 10.00. The number of hydrogen-bond acceptors (Lipinski definition) is 3. The van der Waals surface area contributed by atoms with Gasteiger partial charge in [0.2, 0.25) is 5.91 Å². The second kappa shape index (κ2) is 6.08. The third-order valence-corrected chi connectivity index (χ3v) is 3.18. The highest BCUT2D eigenvalue weighted by molar-refractivity contribution is 5.76. The van der Waals surface area contributed by atoms with Crippen LogP contribution in [-0.4, -0.2) is 43.5 Å². The third-order valence-electron chi connectivity index (χ3n) is 3.18. The fourth-order valence-corrected chi connectivity index (χ4v) is 2.21. The molecular weight excluding hydrogens is 190 g/mol. The van der Waals surface area contributed by atoms with Gasteiger partial charge in [0.1, 0.15) is 0 Å². The van der Waals surface area contributed by atoms with Crippen molar-refractivity contribution in [1.82, 2.24) is 10.2 Å². The van der Waals surface area contributed by atoms with E-state index in [4.69, 9.17) is 5.73 Å². The Balaban J connectivity index is 2.45. The second-order valence-electron chi connectivity index (χ2n) is 4.51. The van der Waals surface area contributed by atoms with Crippen LogP contribution in [0.5, 0.6) is 0 Å². The summed E-state index contributed by atoms with van der Waals surface area (Å²) in [7, 11) is 1.98. The molecule has 1 fully saturated rings. The number of nitrogens with one attached hydrogen (secondary N) is 1. The summed E-state index contributed by atoms with van der Waals surface area (Å²) in [4.78, 5) is 13.4. The summed E-state index contributed by atoms with van der Waals surface area (Å²) >= 11 is 0. The molecule has 0 aliphatic carbocycles. The molecule has 0 spiro atoms. The van der Waals surface area contributed by atoms with Gasteiger partial charge in [0.15, 0.2) is 0 Å². The number of carbonyl (C=O) groups excluding carboxylic acids is 1. The van der Waals surface area contributed by atoms with Crippen LogP contribution < -0.4 is 11.1 Å². The maximum absolute atomic E-state index is 11.0. The van der Waals surface area contributed by atoms with Gasteiger partial charge in [-0.2, -0.15) is 0 Å². The molecule has 1 amide bonds. The van der Waals surface area contributed by atoms with Crippen LogP contribution in [0, 0.1) is 5.92 Å². The lowest BCUT2D eigenvalue weighted by Crippen LogP contribution is -2.48. The highest BCUT2D eigenvalue weighted by Crippen LogP contribution is 2.17. The van der Waals surface area contributed by atoms with Gasteiger partial charge in [-0.3, -0.25) is 9.69 Å². The summed E-state index contributed by atoms with van der Waals surface area (Å²) in [6.45, 7) is 4.82. The number of nitrogens with zero attached hydrogens (tertiary/aromatic N) is 1. The Bertz CT molecular complexity index is 206. The number of likely N-dealkylation sites (N-methyl/N-ethyl adjacent to an activating group) is 1. The minimum Gasteiger partial charge on any atom is -0.369 e. The molecule has 4 nitrogen and oxygen atoms in total. The largest absolute Gasteiger partial charge is 0.369 e. The Morgan fingerprint density at radius 2 is 2.33 bits per heavy atom. The van der Waals surface area contributed by atoms with Crippen LogP contribution in [0.3, 0.4) is 0 Å². The van der Waals surface area contributed by atoms with Crippen molar-refractivity contribution in [1.29, 1.82) is 0 Å². The average molecular weight is 213 g/mol. The van der Waals surface area contributed by atoms with Crippen LogP contribution in [0.2, 0.25) is 0 Å². The van der Waals surface area contributed by atoms with E-state index < -0.39 is 0 Å². The first kappa shape index (κ1) is 12.5. The summed E-state index contributed by atoms with van der Waals surface area (Å²) < 4.78 is 0. The van der Waals surface area contributed by atoms with E-state index in [1.54, 1.807) is 0 Å². The first-order valence-electron chi connectivity index (χ1n) is 5.83. The standard InChI is InChI=1S/C11H23N3O/c1-9(11(12)15)8-14-6-4-3-5-10(14)7-13-2/h9-10,13H,3-8H2,1-2H3,(H2,12,15). The molecule has 1 heterocycles. The predicted molar refractivity (Wildman–Crippen MR) is 61.5 cm³/mol. The molecule has 88 valence electrons. The Labute approximate surface area is 92.2 Å². The number of carbonyl (C=O) groups is 1. The molecule has 0 aromatic heterocycles. The van der Waals surface area contributed by atoms with Crippen LogP contribution in [0.4, 0.5) is 0 Å². The minimum absolute atomic E-state index is 0.0394. The fraction of sp³-hybridized carbons (Fsp3) is 0.909. The summed E-state index contributed by atoms with van der Waals surface area (Å²) in [5, 5.41) is 3.21. The Morgan fingerprint density at radius 1 is 1.60 bits per heavy atom. The normalized spacial score (nSPS) is 25.1. The molecule has 1 aliphatic heterocycles. The van der Waals surface area contributed by atoms with Gasteiger partial charge in [-0.1, -0.05) is 13.3 Å². The molecule has 4 heteroatoms. The number of hydrogen-bond donors (Lipinski definition) is 2. The van der Waals surface area contributed by atoms with Gasteiger partial charge in [0.05, 0.1) is 0 Å². The highest BCUT2D eigenvalue weighted by Gasteiger charge is 2.24. The molecule has 0 saturated carbocycles. The number of rotatable bonds is 5. The molecule has 0 radical (unpaired) electrons. The molecule has 2 unspecified atom stereocenters. The fourth-order valence-electron chi connectivity index (χ4n) is 2.21. The van der Waals surface area contributed by atoms with Crippen molar-refractivity contribution < 1.29 is 4.79 Å². The van der Waals surface area contributed by atoms with Gasteiger partial charge in [0, 0.05) is 25.0 Å². The first-order chi connectivity index (χ1) is 7.15. The summed E-state index contributed by atoms with van der Waals surface area (Å²) in [5.74, 6) is -0.230. The molecule has 1 saturated heterocycles. The van der Waals surface area contributed by atoms with Crippen LogP contribution in [0.15, 0.2) is 0 Å². The van der Waals surface area contributed by atoms with Gasteiger partial charge >= 0.3 is 0 Å². The van der Waals surface area contributed by atoms with Gasteiger partial charge in [-0.05, 0) is 26.4 Å². The van der Waals surface area contributed by atoms with E-state index in [9.17, 15) is 4.79 Å². The zero-order chi connectivity index (χ0) is 11.3. The molecule has 15 heavy (non-hydrogen) atoms. The number of amides is 1. The van der Waals surface area contributed by atoms with Crippen molar-refractivity contribution in [3.8, 4) is 0 Å². The van der Waals surface area contributed by atoms with Gasteiger partial charge in [-0.15, -0.1) is 0 Å². The van der Waals surface area contributed by atoms with Crippen LogP contribution >= 0.6 is 0 Å². The molecule has 2 atom stereocenters. The maximum atomic E-state index is 11.0. The number of primary amides is 1. The van der Waals surface area contributed by atoms with E-state index in [-0.39, 0.29) is 11.8 Å². The summed E-state index contributed by atoms with van der Waals surface area (Å²) in [5.41, 5.74) is 5.29. The van der Waals surface area contributed by atoms with E-state index in [2.05, 4.69) is 10.2 Å². The molecule has 0 aromatic rings. The van der Waals surface area contributed by atoms with Crippen LogP contribution in [-0.2, 0) is 4.79 Å². The van der Waals surface area contributed by atoms with E-state index in [0.717, 1.165) is 19.6 Å². The molecular formula is C11H23N3O. The number of piperidine rings is 1. The van der Waals surface area contributed by atoms with Crippen molar-refractivity contribution in [2.75, 3.05) is 26.7 Å². The highest BCUT2D eigenvalue weighted by atomic mass is 16.1. The molecule has 3 N–H and O–H groups in total. The average Bonchev–Trinajstić information content (AvgIpc) is 2.21. The molecule has 1 aliphatic rings.